The Morgan fingerprint density at radius 1 is 1.35 bits per heavy atom. The van der Waals surface area contributed by atoms with Crippen molar-refractivity contribution in [3.63, 3.8) is 0 Å². The molecule has 17 heavy (non-hydrogen) atoms. The van der Waals surface area contributed by atoms with Crippen molar-refractivity contribution in [1.82, 2.24) is 0 Å². The molecule has 3 rings (SSSR count). The standard InChI is InChI=1S/C15H15NO/c1-2-16-14-6-4-3-5-12(14)13-9-11(10-17)7-8-15(13)16/h3-10,13,15H,2H2,1H3. The largest absolute Gasteiger partial charge is 0.364 e. The van der Waals surface area contributed by atoms with E-state index in [1.54, 1.807) is 0 Å². The molecule has 0 radical (unpaired) electrons. The Bertz CT molecular complexity index is 515. The quantitative estimate of drug-likeness (QED) is 0.721. The summed E-state index contributed by atoms with van der Waals surface area (Å²) in [6.45, 7) is 3.17. The summed E-state index contributed by atoms with van der Waals surface area (Å²) in [7, 11) is 0. The summed E-state index contributed by atoms with van der Waals surface area (Å²) < 4.78 is 0. The van der Waals surface area contributed by atoms with Crippen LogP contribution in [0.25, 0.3) is 0 Å². The first-order valence-corrected chi connectivity index (χ1v) is 6.06. The van der Waals surface area contributed by atoms with Gasteiger partial charge in [-0.2, -0.15) is 0 Å². The minimum absolute atomic E-state index is 0.330. The van der Waals surface area contributed by atoms with E-state index in [2.05, 4.69) is 48.2 Å². The highest BCUT2D eigenvalue weighted by Crippen LogP contribution is 2.43. The molecule has 0 amide bonds. The van der Waals surface area contributed by atoms with Gasteiger partial charge in [0.2, 0.25) is 0 Å². The van der Waals surface area contributed by atoms with Crippen molar-refractivity contribution in [3.8, 4) is 0 Å². The number of allylic oxidation sites excluding steroid dienone is 2. The third kappa shape index (κ3) is 1.44. The lowest BCUT2D eigenvalue weighted by Crippen LogP contribution is -2.32. The van der Waals surface area contributed by atoms with Gasteiger partial charge in [-0.1, -0.05) is 36.4 Å². The van der Waals surface area contributed by atoms with E-state index >= 15 is 0 Å². The maximum Gasteiger partial charge on any atom is 0.149 e. The maximum atomic E-state index is 10.9. The molecule has 1 aliphatic carbocycles. The van der Waals surface area contributed by atoms with Crippen LogP contribution in [0, 0.1) is 0 Å². The second kappa shape index (κ2) is 3.88. The predicted molar refractivity (Wildman–Crippen MR) is 69.3 cm³/mol. The number of hydrogen-bond donors (Lipinski definition) is 0. The SMILES string of the molecule is CCN1c2ccccc2C2C=C(C=O)C=CC21. The first kappa shape index (κ1) is 10.3. The summed E-state index contributed by atoms with van der Waals surface area (Å²) in [5, 5.41) is 0. The molecule has 0 bridgehead atoms. The lowest BCUT2D eigenvalue weighted by atomic mass is 9.89. The zero-order chi connectivity index (χ0) is 11.8. The molecule has 2 heteroatoms. The Morgan fingerprint density at radius 3 is 2.94 bits per heavy atom. The summed E-state index contributed by atoms with van der Waals surface area (Å²) in [6, 6.07) is 8.86. The lowest BCUT2D eigenvalue weighted by molar-refractivity contribution is -0.104. The van der Waals surface area contributed by atoms with E-state index in [4.69, 9.17) is 0 Å². The molecule has 1 aromatic carbocycles. The third-order valence-electron chi connectivity index (χ3n) is 3.67. The molecule has 0 spiro atoms. The van der Waals surface area contributed by atoms with Crippen LogP contribution in [0.3, 0.4) is 0 Å². The Labute approximate surface area is 101 Å². The molecule has 0 saturated heterocycles. The molecule has 1 heterocycles. The number of benzene rings is 1. The van der Waals surface area contributed by atoms with Crippen LogP contribution in [-0.2, 0) is 4.79 Å². The number of para-hydroxylation sites is 1. The smallest absolute Gasteiger partial charge is 0.149 e. The van der Waals surface area contributed by atoms with Crippen molar-refractivity contribution in [1.29, 1.82) is 0 Å². The normalized spacial score (nSPS) is 25.2. The second-order valence-corrected chi connectivity index (χ2v) is 4.50. The van der Waals surface area contributed by atoms with E-state index in [9.17, 15) is 4.79 Å². The average Bonchev–Trinajstić information content (AvgIpc) is 2.71. The fourth-order valence-electron chi connectivity index (χ4n) is 2.91. The number of carbonyl (C=O) groups excluding carboxylic acids is 1. The average molecular weight is 225 g/mol. The number of rotatable bonds is 2. The fraction of sp³-hybridized carbons (Fsp3) is 0.267. The van der Waals surface area contributed by atoms with Crippen molar-refractivity contribution < 1.29 is 4.79 Å². The predicted octanol–water partition coefficient (Wildman–Crippen LogP) is 2.67. The fourth-order valence-corrected chi connectivity index (χ4v) is 2.91. The van der Waals surface area contributed by atoms with Crippen LogP contribution in [0.15, 0.2) is 48.1 Å². The number of nitrogens with zero attached hydrogens (tertiary/aromatic N) is 1. The van der Waals surface area contributed by atoms with E-state index in [0.29, 0.717) is 12.0 Å². The van der Waals surface area contributed by atoms with Crippen molar-refractivity contribution in [2.45, 2.75) is 18.9 Å². The van der Waals surface area contributed by atoms with Gasteiger partial charge < -0.3 is 4.90 Å². The summed E-state index contributed by atoms with van der Waals surface area (Å²) in [5.74, 6) is 0.330. The van der Waals surface area contributed by atoms with E-state index in [-0.39, 0.29) is 0 Å². The van der Waals surface area contributed by atoms with Crippen LogP contribution in [0.1, 0.15) is 18.4 Å². The molecule has 2 aliphatic rings. The highest BCUT2D eigenvalue weighted by Gasteiger charge is 2.35. The zero-order valence-electron chi connectivity index (χ0n) is 9.84. The van der Waals surface area contributed by atoms with Crippen LogP contribution in [0.2, 0.25) is 0 Å². The first-order valence-electron chi connectivity index (χ1n) is 6.06. The van der Waals surface area contributed by atoms with Gasteiger partial charge in [-0.25, -0.2) is 0 Å². The number of likely N-dealkylation sites (N-methyl/N-ethyl adjacent to an activating group) is 1. The molecule has 2 unspecified atom stereocenters. The van der Waals surface area contributed by atoms with Crippen LogP contribution >= 0.6 is 0 Å². The zero-order valence-corrected chi connectivity index (χ0v) is 9.84. The van der Waals surface area contributed by atoms with Gasteiger partial charge in [-0.15, -0.1) is 0 Å². The minimum Gasteiger partial charge on any atom is -0.364 e. The Kier molecular flexibility index (Phi) is 2.36. The maximum absolute atomic E-state index is 10.9. The molecule has 2 atom stereocenters. The van der Waals surface area contributed by atoms with Crippen molar-refractivity contribution in [2.75, 3.05) is 11.4 Å². The minimum atomic E-state index is 0.330. The summed E-state index contributed by atoms with van der Waals surface area (Å²) in [4.78, 5) is 13.3. The Morgan fingerprint density at radius 2 is 2.18 bits per heavy atom. The molecule has 1 aromatic rings. The number of carbonyl (C=O) groups is 1. The van der Waals surface area contributed by atoms with Gasteiger partial charge in [-0.3, -0.25) is 4.79 Å². The molecule has 0 aromatic heterocycles. The van der Waals surface area contributed by atoms with Crippen molar-refractivity contribution in [3.05, 3.63) is 53.6 Å². The molecular formula is C15H15NO. The van der Waals surface area contributed by atoms with Gasteiger partial charge in [0.05, 0.1) is 6.04 Å². The summed E-state index contributed by atoms with van der Waals surface area (Å²) in [5.41, 5.74) is 3.43. The van der Waals surface area contributed by atoms with Crippen LogP contribution < -0.4 is 4.90 Å². The van der Waals surface area contributed by atoms with E-state index in [0.717, 1.165) is 18.4 Å². The highest BCUT2D eigenvalue weighted by molar-refractivity contribution is 5.80. The van der Waals surface area contributed by atoms with Crippen molar-refractivity contribution in [2.24, 2.45) is 0 Å². The van der Waals surface area contributed by atoms with Crippen molar-refractivity contribution >= 4 is 12.0 Å². The summed E-state index contributed by atoms with van der Waals surface area (Å²) >= 11 is 0. The first-order chi connectivity index (χ1) is 8.35. The van der Waals surface area contributed by atoms with Gasteiger partial charge >= 0.3 is 0 Å². The molecule has 86 valence electrons. The van der Waals surface area contributed by atoms with E-state index in [1.165, 1.54) is 11.3 Å². The number of fused-ring (bicyclic) bond motifs is 3. The molecule has 2 nitrogen and oxygen atoms in total. The van der Waals surface area contributed by atoms with E-state index in [1.807, 2.05) is 6.08 Å². The van der Waals surface area contributed by atoms with Gasteiger partial charge in [0, 0.05) is 23.7 Å². The highest BCUT2D eigenvalue weighted by atomic mass is 16.1. The van der Waals surface area contributed by atoms with Gasteiger partial charge in [0.25, 0.3) is 0 Å². The molecule has 0 fully saturated rings. The lowest BCUT2D eigenvalue weighted by Gasteiger charge is -2.27. The molecule has 1 aliphatic heterocycles. The molecule has 0 N–H and O–H groups in total. The molecule has 0 saturated carbocycles. The van der Waals surface area contributed by atoms with E-state index < -0.39 is 0 Å². The summed E-state index contributed by atoms with van der Waals surface area (Å²) in [6.07, 6.45) is 7.11. The number of hydrogen-bond acceptors (Lipinski definition) is 2. The van der Waals surface area contributed by atoms with Crippen LogP contribution in [0.5, 0.6) is 0 Å². The number of aldehydes is 1. The third-order valence-corrected chi connectivity index (χ3v) is 3.67. The van der Waals surface area contributed by atoms with Gasteiger partial charge in [0.1, 0.15) is 6.29 Å². The Balaban J connectivity index is 2.11. The van der Waals surface area contributed by atoms with Gasteiger partial charge in [-0.05, 0) is 18.6 Å². The molecular weight excluding hydrogens is 210 g/mol. The Hall–Kier alpha value is -1.83. The second-order valence-electron chi connectivity index (χ2n) is 4.50. The number of anilines is 1. The topological polar surface area (TPSA) is 20.3 Å². The van der Waals surface area contributed by atoms with Crippen LogP contribution in [-0.4, -0.2) is 18.9 Å². The monoisotopic (exact) mass is 225 g/mol. The van der Waals surface area contributed by atoms with Crippen LogP contribution in [0.4, 0.5) is 5.69 Å². The van der Waals surface area contributed by atoms with Gasteiger partial charge in [0.15, 0.2) is 0 Å².